The van der Waals surface area contributed by atoms with Gasteiger partial charge in [0.1, 0.15) is 0 Å². The van der Waals surface area contributed by atoms with Crippen molar-refractivity contribution in [2.45, 2.75) is 25.4 Å². The van der Waals surface area contributed by atoms with Gasteiger partial charge in [0.05, 0.1) is 12.1 Å². The van der Waals surface area contributed by atoms with E-state index in [1.54, 1.807) is 0 Å². The number of anilines is 1. The molecule has 2 aromatic carbocycles. The predicted octanol–water partition coefficient (Wildman–Crippen LogP) is 4.12. The Kier molecular flexibility index (Phi) is 4.37. The minimum absolute atomic E-state index is 0.000449. The van der Waals surface area contributed by atoms with Crippen LogP contribution < -0.4 is 5.32 Å². The molecular weight excluding hydrogens is 355 g/mol. The number of aliphatic imine (C=N–C) groups is 1. The van der Waals surface area contributed by atoms with Gasteiger partial charge in [-0.3, -0.25) is 14.7 Å². The van der Waals surface area contributed by atoms with Crippen molar-refractivity contribution < 1.29 is 18.0 Å². The van der Waals surface area contributed by atoms with Gasteiger partial charge in [0.2, 0.25) is 5.96 Å². The lowest BCUT2D eigenvalue weighted by atomic mass is 10.1. The zero-order chi connectivity index (χ0) is 19.0. The van der Waals surface area contributed by atoms with Gasteiger partial charge in [0, 0.05) is 17.8 Å². The van der Waals surface area contributed by atoms with Crippen molar-refractivity contribution >= 4 is 17.6 Å². The third-order valence-electron chi connectivity index (χ3n) is 4.92. The van der Waals surface area contributed by atoms with Gasteiger partial charge in [-0.2, -0.15) is 13.2 Å². The molecule has 4 rings (SSSR count). The highest BCUT2D eigenvalue weighted by Gasteiger charge is 2.32. The van der Waals surface area contributed by atoms with Crippen LogP contribution in [0.25, 0.3) is 0 Å². The Labute approximate surface area is 154 Å². The van der Waals surface area contributed by atoms with Crippen molar-refractivity contribution in [3.05, 3.63) is 64.7 Å². The van der Waals surface area contributed by atoms with Gasteiger partial charge in [0.25, 0.3) is 5.91 Å². The number of hydrogen-bond acceptors (Lipinski definition) is 3. The SMILES string of the molecule is O=C(c1cccc(C(F)(F)F)c1)N1CCN=C1Nc1cccc2c1CCC2. The summed E-state index contributed by atoms with van der Waals surface area (Å²) >= 11 is 0. The molecule has 0 saturated carbocycles. The molecule has 4 nitrogen and oxygen atoms in total. The molecule has 0 unspecified atom stereocenters. The minimum atomic E-state index is -4.49. The number of benzene rings is 2. The van der Waals surface area contributed by atoms with E-state index in [0.717, 1.165) is 37.1 Å². The average Bonchev–Trinajstić information content (AvgIpc) is 3.30. The van der Waals surface area contributed by atoms with Gasteiger partial charge in [0.15, 0.2) is 0 Å². The molecule has 1 amide bonds. The molecule has 1 aliphatic heterocycles. The van der Waals surface area contributed by atoms with Crippen molar-refractivity contribution in [2.75, 3.05) is 18.4 Å². The number of halogens is 3. The number of carbonyl (C=O) groups excluding carboxylic acids is 1. The van der Waals surface area contributed by atoms with Crippen LogP contribution in [0, 0.1) is 0 Å². The fourth-order valence-corrected chi connectivity index (χ4v) is 3.59. The number of nitrogens with zero attached hydrogens (tertiary/aromatic N) is 2. The second-order valence-electron chi connectivity index (χ2n) is 6.66. The van der Waals surface area contributed by atoms with Crippen LogP contribution in [0.4, 0.5) is 18.9 Å². The Bertz CT molecular complexity index is 921. The summed E-state index contributed by atoms with van der Waals surface area (Å²) in [5.41, 5.74) is 2.58. The van der Waals surface area contributed by atoms with Crippen LogP contribution in [0.1, 0.15) is 33.5 Å². The number of alkyl halides is 3. The molecule has 0 saturated heterocycles. The standard InChI is InChI=1S/C20H18F3N3O/c21-20(22,23)15-7-1-6-14(12-15)18(27)26-11-10-24-19(26)25-17-9-3-5-13-4-2-8-16(13)17/h1,3,5-7,9,12H,2,4,8,10-11H2,(H,24,25). The number of aryl methyl sites for hydroxylation is 1. The molecule has 0 bridgehead atoms. The number of carbonyl (C=O) groups is 1. The Morgan fingerprint density at radius 3 is 2.74 bits per heavy atom. The Morgan fingerprint density at radius 1 is 1.11 bits per heavy atom. The van der Waals surface area contributed by atoms with E-state index >= 15 is 0 Å². The van der Waals surface area contributed by atoms with E-state index in [4.69, 9.17) is 0 Å². The second kappa shape index (κ2) is 6.72. The number of rotatable bonds is 2. The first kappa shape index (κ1) is 17.6. The van der Waals surface area contributed by atoms with E-state index in [1.165, 1.54) is 28.2 Å². The molecule has 0 spiro atoms. The predicted molar refractivity (Wildman–Crippen MR) is 96.9 cm³/mol. The molecule has 0 radical (unpaired) electrons. The summed E-state index contributed by atoms with van der Waals surface area (Å²) in [6.07, 6.45) is -1.40. The normalized spacial score (nSPS) is 16.3. The Hall–Kier alpha value is -2.83. The van der Waals surface area contributed by atoms with E-state index in [2.05, 4.69) is 16.4 Å². The lowest BCUT2D eigenvalue weighted by Gasteiger charge is -2.21. The molecule has 0 fully saturated rings. The maximum absolute atomic E-state index is 12.9. The first-order valence-electron chi connectivity index (χ1n) is 8.85. The van der Waals surface area contributed by atoms with Crippen LogP contribution in [-0.4, -0.2) is 29.9 Å². The van der Waals surface area contributed by atoms with Crippen molar-refractivity contribution in [2.24, 2.45) is 4.99 Å². The summed E-state index contributed by atoms with van der Waals surface area (Å²) in [4.78, 5) is 18.5. The molecule has 140 valence electrons. The Morgan fingerprint density at radius 2 is 1.93 bits per heavy atom. The van der Waals surface area contributed by atoms with Crippen molar-refractivity contribution in [3.63, 3.8) is 0 Å². The van der Waals surface area contributed by atoms with Crippen LogP contribution in [0.3, 0.4) is 0 Å². The lowest BCUT2D eigenvalue weighted by molar-refractivity contribution is -0.137. The molecule has 2 aliphatic rings. The number of nitrogens with one attached hydrogen (secondary N) is 1. The van der Waals surface area contributed by atoms with Gasteiger partial charge in [-0.25, -0.2) is 0 Å². The third kappa shape index (κ3) is 3.41. The number of guanidine groups is 1. The summed E-state index contributed by atoms with van der Waals surface area (Å²) in [5.74, 6) is -0.102. The van der Waals surface area contributed by atoms with Gasteiger partial charge in [-0.05, 0) is 54.7 Å². The molecule has 2 aromatic rings. The third-order valence-corrected chi connectivity index (χ3v) is 4.92. The topological polar surface area (TPSA) is 44.7 Å². The van der Waals surface area contributed by atoms with Crippen molar-refractivity contribution in [3.8, 4) is 0 Å². The summed E-state index contributed by atoms with van der Waals surface area (Å²) in [6, 6.07) is 10.5. The smallest absolute Gasteiger partial charge is 0.326 e. The highest BCUT2D eigenvalue weighted by atomic mass is 19.4. The highest BCUT2D eigenvalue weighted by molar-refractivity contribution is 6.11. The molecule has 7 heteroatoms. The van der Waals surface area contributed by atoms with Crippen molar-refractivity contribution in [1.82, 2.24) is 4.90 Å². The van der Waals surface area contributed by atoms with Crippen LogP contribution in [0.15, 0.2) is 47.5 Å². The highest BCUT2D eigenvalue weighted by Crippen LogP contribution is 2.31. The Balaban J connectivity index is 1.57. The number of amides is 1. The maximum atomic E-state index is 12.9. The van der Waals surface area contributed by atoms with E-state index in [-0.39, 0.29) is 5.56 Å². The lowest BCUT2D eigenvalue weighted by Crippen LogP contribution is -2.38. The molecule has 27 heavy (non-hydrogen) atoms. The van der Waals surface area contributed by atoms with E-state index < -0.39 is 17.6 Å². The van der Waals surface area contributed by atoms with Crippen molar-refractivity contribution in [1.29, 1.82) is 0 Å². The quantitative estimate of drug-likeness (QED) is 0.861. The second-order valence-corrected chi connectivity index (χ2v) is 6.66. The molecule has 0 aromatic heterocycles. The zero-order valence-corrected chi connectivity index (χ0v) is 14.5. The van der Waals surface area contributed by atoms with E-state index in [9.17, 15) is 18.0 Å². The summed E-state index contributed by atoms with van der Waals surface area (Å²) < 4.78 is 38.8. The van der Waals surface area contributed by atoms with Gasteiger partial charge in [-0.15, -0.1) is 0 Å². The van der Waals surface area contributed by atoms with Gasteiger partial charge < -0.3 is 5.32 Å². The zero-order valence-electron chi connectivity index (χ0n) is 14.5. The van der Waals surface area contributed by atoms with Gasteiger partial charge in [-0.1, -0.05) is 18.2 Å². The summed E-state index contributed by atoms with van der Waals surface area (Å²) in [5, 5.41) is 3.22. The maximum Gasteiger partial charge on any atom is 0.416 e. The molecule has 0 atom stereocenters. The first-order chi connectivity index (χ1) is 12.9. The van der Waals surface area contributed by atoms with Crippen LogP contribution in [0.2, 0.25) is 0 Å². The fraction of sp³-hybridized carbons (Fsp3) is 0.300. The van der Waals surface area contributed by atoms with Crippen LogP contribution >= 0.6 is 0 Å². The first-order valence-corrected chi connectivity index (χ1v) is 8.85. The molecular formula is C20H18F3N3O. The van der Waals surface area contributed by atoms with Gasteiger partial charge >= 0.3 is 6.18 Å². The number of hydrogen-bond donors (Lipinski definition) is 1. The van der Waals surface area contributed by atoms with E-state index in [1.807, 2.05) is 12.1 Å². The molecule has 1 aliphatic carbocycles. The minimum Gasteiger partial charge on any atom is -0.326 e. The van der Waals surface area contributed by atoms with Crippen LogP contribution in [0.5, 0.6) is 0 Å². The molecule has 1 heterocycles. The van der Waals surface area contributed by atoms with E-state index in [0.29, 0.717) is 19.0 Å². The monoisotopic (exact) mass is 373 g/mol. The summed E-state index contributed by atoms with van der Waals surface area (Å²) in [7, 11) is 0. The van der Waals surface area contributed by atoms with Crippen LogP contribution in [-0.2, 0) is 19.0 Å². The summed E-state index contributed by atoms with van der Waals surface area (Å²) in [6.45, 7) is 0.758. The largest absolute Gasteiger partial charge is 0.416 e. The fourth-order valence-electron chi connectivity index (χ4n) is 3.59. The average molecular weight is 373 g/mol. The molecule has 1 N–H and O–H groups in total. The number of fused-ring (bicyclic) bond motifs is 1.